The predicted molar refractivity (Wildman–Crippen MR) is 154 cm³/mol. The Balaban J connectivity index is 1.88. The molecule has 1 aromatic heterocycles. The standard InChI is InChI=1S/C29H42N6O8/c1-16(2)22(32)26(38)42-23-19(13-41-21(36)12-17-8-6-5-7-9-17)43-29(14-30,24(23)37)20-11-10-18(34-20)25(33-15-31)35-27(39)28(3,4)40/h10-11,15-17,19,22-24,34,37,40H,5-9,12-13,32H2,1-4H3,(H2,31,33,35,39)/t19-,22+,23-,24-,29+/m1/s1. The van der Waals surface area contributed by atoms with Crippen LogP contribution in [0.3, 0.4) is 0 Å². The van der Waals surface area contributed by atoms with Gasteiger partial charge in [0.15, 0.2) is 11.9 Å². The van der Waals surface area contributed by atoms with Crippen molar-refractivity contribution in [2.75, 3.05) is 6.61 Å². The summed E-state index contributed by atoms with van der Waals surface area (Å²) in [7, 11) is 0. The molecule has 0 bridgehead atoms. The largest absolute Gasteiger partial charge is 0.463 e. The molecule has 43 heavy (non-hydrogen) atoms. The van der Waals surface area contributed by atoms with Gasteiger partial charge in [0.25, 0.3) is 5.91 Å². The zero-order chi connectivity index (χ0) is 31.9. The molecule has 1 amide bonds. The molecule has 7 N–H and O–H groups in total. The molecule has 14 heteroatoms. The molecule has 1 aliphatic heterocycles. The van der Waals surface area contributed by atoms with Crippen molar-refractivity contribution in [3.63, 3.8) is 0 Å². The maximum atomic E-state index is 12.8. The lowest BCUT2D eigenvalue weighted by Gasteiger charge is -2.25. The third-order valence-electron chi connectivity index (χ3n) is 7.75. The molecule has 2 heterocycles. The van der Waals surface area contributed by atoms with E-state index in [-0.39, 0.29) is 35.5 Å². The van der Waals surface area contributed by atoms with Crippen molar-refractivity contribution < 1.29 is 38.8 Å². The highest BCUT2D eigenvalue weighted by Crippen LogP contribution is 2.41. The number of nitriles is 1. The van der Waals surface area contributed by atoms with Crippen molar-refractivity contribution in [3.05, 3.63) is 23.5 Å². The van der Waals surface area contributed by atoms with Crippen LogP contribution in [0, 0.1) is 28.6 Å². The summed E-state index contributed by atoms with van der Waals surface area (Å²) in [5.41, 5.74) is 2.22. The highest BCUT2D eigenvalue weighted by Gasteiger charge is 2.59. The Bertz CT molecular complexity index is 1240. The Morgan fingerprint density at radius 2 is 2.00 bits per heavy atom. The van der Waals surface area contributed by atoms with E-state index in [4.69, 9.17) is 25.4 Å². The molecule has 0 radical (unpaired) electrons. The lowest BCUT2D eigenvalue weighted by atomic mass is 9.87. The van der Waals surface area contributed by atoms with Crippen LogP contribution in [0.25, 0.3) is 0 Å². The first kappa shape index (κ1) is 33.9. The second-order valence-electron chi connectivity index (χ2n) is 11.9. The number of hydrogen-bond acceptors (Lipinski definition) is 11. The van der Waals surface area contributed by atoms with Crippen molar-refractivity contribution in [2.45, 2.75) is 102 Å². The van der Waals surface area contributed by atoms with Crippen molar-refractivity contribution in [3.8, 4) is 6.07 Å². The number of esters is 2. The Morgan fingerprint density at radius 3 is 2.58 bits per heavy atom. The van der Waals surface area contributed by atoms with Crippen LogP contribution in [0.15, 0.2) is 17.1 Å². The van der Waals surface area contributed by atoms with Crippen LogP contribution >= 0.6 is 0 Å². The number of amidine groups is 1. The van der Waals surface area contributed by atoms with Crippen molar-refractivity contribution in [2.24, 2.45) is 22.6 Å². The van der Waals surface area contributed by atoms with E-state index in [1.54, 1.807) is 13.8 Å². The number of nitrogens with one attached hydrogen (secondary N) is 3. The van der Waals surface area contributed by atoms with Crippen molar-refractivity contribution in [1.29, 1.82) is 10.7 Å². The first-order valence-corrected chi connectivity index (χ1v) is 14.4. The van der Waals surface area contributed by atoms with Crippen LogP contribution in [0.1, 0.15) is 77.6 Å². The van der Waals surface area contributed by atoms with Gasteiger partial charge in [-0.15, -0.1) is 0 Å². The minimum atomic E-state index is -2.12. The summed E-state index contributed by atoms with van der Waals surface area (Å²) in [6.07, 6.45) is 1.65. The number of aromatic amines is 1. The van der Waals surface area contributed by atoms with E-state index >= 15 is 0 Å². The van der Waals surface area contributed by atoms with Crippen molar-refractivity contribution >= 4 is 30.0 Å². The highest BCUT2D eigenvalue weighted by atomic mass is 16.6. The van der Waals surface area contributed by atoms with Crippen LogP contribution in [0.4, 0.5) is 0 Å². The smallest absolute Gasteiger partial charge is 0.323 e. The van der Waals surface area contributed by atoms with Gasteiger partial charge in [-0.1, -0.05) is 33.1 Å². The number of aliphatic imine (C=N–C) groups is 1. The van der Waals surface area contributed by atoms with Crippen LogP contribution in [0.2, 0.25) is 0 Å². The number of aliphatic hydroxyl groups excluding tert-OH is 1. The normalized spacial score (nSPS) is 25.6. The number of aromatic nitrogens is 1. The summed E-state index contributed by atoms with van der Waals surface area (Å²) in [5.74, 6) is -2.29. The molecular weight excluding hydrogens is 560 g/mol. The topological polar surface area (TPSA) is 233 Å². The molecule has 1 aliphatic carbocycles. The minimum Gasteiger partial charge on any atom is -0.463 e. The SMILES string of the molecule is CC(C)[C@H](N)C(=O)O[C@H]1[C@@H](O)[C@](C#N)(c2ccc(/C(=N\C=N)NC(=O)C(C)(C)O)[nH]2)O[C@@H]1COC(=O)CC1CCCCC1. The quantitative estimate of drug-likeness (QED) is 0.120. The zero-order valence-corrected chi connectivity index (χ0v) is 25.0. The van der Waals surface area contributed by atoms with Crippen LogP contribution in [-0.2, 0) is 34.2 Å². The number of carbonyl (C=O) groups excluding carboxylic acids is 3. The van der Waals surface area contributed by atoms with Crippen molar-refractivity contribution in [1.82, 2.24) is 10.3 Å². The molecular formula is C29H42N6O8. The monoisotopic (exact) mass is 602 g/mol. The molecule has 1 aromatic rings. The number of amides is 1. The summed E-state index contributed by atoms with van der Waals surface area (Å²) >= 11 is 0. The number of carbonyl (C=O) groups is 3. The van der Waals surface area contributed by atoms with Gasteiger partial charge in [0.2, 0.25) is 5.60 Å². The summed E-state index contributed by atoms with van der Waals surface area (Å²) in [6, 6.07) is 3.75. The Morgan fingerprint density at radius 1 is 1.33 bits per heavy atom. The van der Waals surface area contributed by atoms with Gasteiger partial charge in [0.1, 0.15) is 42.9 Å². The molecule has 5 atom stereocenters. The molecule has 0 spiro atoms. The van der Waals surface area contributed by atoms with Crippen LogP contribution < -0.4 is 11.1 Å². The number of hydrogen-bond donors (Lipinski definition) is 6. The molecule has 0 aromatic carbocycles. The van der Waals surface area contributed by atoms with E-state index in [1.165, 1.54) is 26.0 Å². The Kier molecular flexibility index (Phi) is 11.2. The molecule has 1 saturated heterocycles. The molecule has 14 nitrogen and oxygen atoms in total. The molecule has 236 valence electrons. The summed E-state index contributed by atoms with van der Waals surface area (Å²) in [6.45, 7) is 5.60. The van der Waals surface area contributed by atoms with E-state index in [9.17, 15) is 29.9 Å². The fraction of sp³-hybridized carbons (Fsp3) is 0.655. The van der Waals surface area contributed by atoms with Gasteiger partial charge in [-0.25, -0.2) is 4.99 Å². The van der Waals surface area contributed by atoms with Gasteiger partial charge >= 0.3 is 11.9 Å². The number of ether oxygens (including phenoxy) is 3. The first-order chi connectivity index (χ1) is 20.2. The third-order valence-corrected chi connectivity index (χ3v) is 7.75. The van der Waals surface area contributed by atoms with Gasteiger partial charge in [-0.3, -0.25) is 19.8 Å². The minimum absolute atomic E-state index is 0.0120. The maximum absolute atomic E-state index is 12.8. The van der Waals surface area contributed by atoms with Gasteiger partial charge < -0.3 is 40.5 Å². The number of nitrogens with zero attached hydrogens (tertiary/aromatic N) is 2. The Hall–Kier alpha value is -3.64. The lowest BCUT2D eigenvalue weighted by Crippen LogP contribution is -2.46. The third kappa shape index (κ3) is 8.05. The van der Waals surface area contributed by atoms with E-state index in [0.717, 1.165) is 32.1 Å². The first-order valence-electron chi connectivity index (χ1n) is 14.4. The van der Waals surface area contributed by atoms with Gasteiger partial charge in [-0.2, -0.15) is 5.26 Å². The number of H-pyrrole nitrogens is 1. The fourth-order valence-electron chi connectivity index (χ4n) is 5.04. The maximum Gasteiger partial charge on any atom is 0.323 e. The highest BCUT2D eigenvalue weighted by molar-refractivity contribution is 6.10. The molecule has 3 rings (SSSR count). The van der Waals surface area contributed by atoms with Crippen LogP contribution in [0.5, 0.6) is 0 Å². The number of nitrogens with two attached hydrogens (primary N) is 1. The second kappa shape index (κ2) is 14.2. The van der Waals surface area contributed by atoms with E-state index in [1.807, 2.05) is 6.07 Å². The van der Waals surface area contributed by atoms with E-state index in [2.05, 4.69) is 15.3 Å². The molecule has 2 aliphatic rings. The summed E-state index contributed by atoms with van der Waals surface area (Å²) in [4.78, 5) is 44.5. The summed E-state index contributed by atoms with van der Waals surface area (Å²) in [5, 5.41) is 41.5. The fourth-order valence-corrected chi connectivity index (χ4v) is 5.04. The lowest BCUT2D eigenvalue weighted by molar-refractivity contribution is -0.162. The summed E-state index contributed by atoms with van der Waals surface area (Å²) < 4.78 is 17.1. The number of rotatable bonds is 11. The van der Waals surface area contributed by atoms with Gasteiger partial charge in [0.05, 0.1) is 11.4 Å². The average molecular weight is 603 g/mol. The Labute approximate surface area is 250 Å². The van der Waals surface area contributed by atoms with Gasteiger partial charge in [0, 0.05) is 6.42 Å². The number of aliphatic hydroxyl groups is 2. The van der Waals surface area contributed by atoms with E-state index in [0.29, 0.717) is 6.34 Å². The molecule has 1 saturated carbocycles. The average Bonchev–Trinajstić information content (AvgIpc) is 3.55. The van der Waals surface area contributed by atoms with Crippen LogP contribution in [-0.4, -0.2) is 81.8 Å². The predicted octanol–water partition coefficient (Wildman–Crippen LogP) is 1.14. The van der Waals surface area contributed by atoms with E-state index < -0.39 is 60.0 Å². The van der Waals surface area contributed by atoms with Gasteiger partial charge in [-0.05, 0) is 50.7 Å². The molecule has 2 fully saturated rings. The second-order valence-corrected chi connectivity index (χ2v) is 11.9. The zero-order valence-electron chi connectivity index (χ0n) is 25.0. The molecule has 0 unspecified atom stereocenters.